The molecule has 2 aromatic rings. The van der Waals surface area contributed by atoms with Crippen LogP contribution in [0.5, 0.6) is 17.5 Å². The molecule has 8 heteroatoms. The SMILES string of the molecule is O=C1NC(=O)C([C@@H]2CCc3cc(Oc4nnc(OCC5CC5)c5c4C=CCC=C5)ccc32)S1. The number of nitrogens with zero attached hydrogens (tertiary/aromatic N) is 2. The van der Waals surface area contributed by atoms with Crippen LogP contribution < -0.4 is 14.8 Å². The minimum Gasteiger partial charge on any atom is -0.476 e. The maximum absolute atomic E-state index is 12.2. The maximum Gasteiger partial charge on any atom is 0.286 e. The number of hydrogen-bond acceptors (Lipinski definition) is 7. The number of carbonyl (C=O) groups is 2. The van der Waals surface area contributed by atoms with Gasteiger partial charge in [-0.3, -0.25) is 14.9 Å². The number of carbonyl (C=O) groups excluding carboxylic acids is 2. The molecule has 4 aliphatic rings. The van der Waals surface area contributed by atoms with Gasteiger partial charge in [-0.25, -0.2) is 0 Å². The van der Waals surface area contributed by atoms with E-state index in [9.17, 15) is 9.59 Å². The molecule has 1 aliphatic heterocycles. The Morgan fingerprint density at radius 1 is 1.03 bits per heavy atom. The van der Waals surface area contributed by atoms with Crippen LogP contribution in [0.1, 0.15) is 53.9 Å². The maximum atomic E-state index is 12.2. The molecule has 0 spiro atoms. The lowest BCUT2D eigenvalue weighted by atomic mass is 9.97. The van der Waals surface area contributed by atoms with Crippen molar-refractivity contribution in [2.45, 2.75) is 43.3 Å². The smallest absolute Gasteiger partial charge is 0.286 e. The second kappa shape index (κ2) is 8.33. The average molecular weight is 462 g/mol. The highest BCUT2D eigenvalue weighted by Crippen LogP contribution is 2.44. The van der Waals surface area contributed by atoms with Gasteiger partial charge in [-0.1, -0.05) is 42.1 Å². The molecule has 1 unspecified atom stereocenters. The fourth-order valence-electron chi connectivity index (χ4n) is 4.62. The van der Waals surface area contributed by atoms with E-state index in [2.05, 4.69) is 27.7 Å². The fourth-order valence-corrected chi connectivity index (χ4v) is 5.62. The van der Waals surface area contributed by atoms with Gasteiger partial charge in [-0.05, 0) is 61.3 Å². The van der Waals surface area contributed by atoms with Gasteiger partial charge in [0, 0.05) is 5.92 Å². The third kappa shape index (κ3) is 4.04. The summed E-state index contributed by atoms with van der Waals surface area (Å²) in [7, 11) is 0. The van der Waals surface area contributed by atoms with E-state index in [4.69, 9.17) is 9.47 Å². The summed E-state index contributed by atoms with van der Waals surface area (Å²) >= 11 is 1.09. The van der Waals surface area contributed by atoms with E-state index in [0.29, 0.717) is 30.0 Å². The van der Waals surface area contributed by atoms with Crippen molar-refractivity contribution in [1.82, 2.24) is 15.5 Å². The van der Waals surface area contributed by atoms with Crippen LogP contribution in [-0.2, 0) is 11.2 Å². The highest BCUT2D eigenvalue weighted by molar-refractivity contribution is 8.15. The number of nitrogens with one attached hydrogen (secondary N) is 1. The Hall–Kier alpha value is -3.13. The zero-order chi connectivity index (χ0) is 22.4. The van der Waals surface area contributed by atoms with Crippen molar-refractivity contribution in [3.8, 4) is 17.5 Å². The van der Waals surface area contributed by atoms with Crippen molar-refractivity contribution < 1.29 is 19.1 Å². The van der Waals surface area contributed by atoms with E-state index >= 15 is 0 Å². The second-order valence-corrected chi connectivity index (χ2v) is 9.97. The normalized spacial score (nSPS) is 23.2. The first-order valence-electron chi connectivity index (χ1n) is 11.3. The topological polar surface area (TPSA) is 90.4 Å². The first kappa shape index (κ1) is 20.5. The zero-order valence-corrected chi connectivity index (χ0v) is 18.8. The molecule has 7 nitrogen and oxygen atoms in total. The molecule has 2 heterocycles. The molecule has 0 radical (unpaired) electrons. The zero-order valence-electron chi connectivity index (χ0n) is 18.0. The van der Waals surface area contributed by atoms with Gasteiger partial charge in [0.05, 0.1) is 17.7 Å². The number of rotatable bonds is 6. The Morgan fingerprint density at radius 2 is 1.82 bits per heavy atom. The number of thioether (sulfide) groups is 1. The first-order chi connectivity index (χ1) is 16.2. The predicted molar refractivity (Wildman–Crippen MR) is 125 cm³/mol. The minimum atomic E-state index is -0.354. The predicted octanol–water partition coefficient (Wildman–Crippen LogP) is 4.87. The molecule has 6 rings (SSSR count). The van der Waals surface area contributed by atoms with Gasteiger partial charge in [0.1, 0.15) is 11.0 Å². The number of allylic oxidation sites excluding steroid dienone is 2. The summed E-state index contributed by atoms with van der Waals surface area (Å²) in [5.74, 6) is 2.15. The molecular formula is C25H23N3O4S. The Bertz CT molecular complexity index is 1200. The highest BCUT2D eigenvalue weighted by atomic mass is 32.2. The summed E-state index contributed by atoms with van der Waals surface area (Å²) in [6, 6.07) is 5.92. The van der Waals surface area contributed by atoms with Gasteiger partial charge in [0.25, 0.3) is 5.24 Å². The van der Waals surface area contributed by atoms with E-state index in [1.807, 2.05) is 30.4 Å². The molecule has 2 fully saturated rings. The lowest BCUT2D eigenvalue weighted by molar-refractivity contribution is -0.119. The van der Waals surface area contributed by atoms with Crippen molar-refractivity contribution >= 4 is 35.1 Å². The average Bonchev–Trinajstić information content (AvgIpc) is 3.52. The fraction of sp³-hybridized carbons (Fsp3) is 0.360. The van der Waals surface area contributed by atoms with Gasteiger partial charge in [0.2, 0.25) is 17.7 Å². The molecule has 33 heavy (non-hydrogen) atoms. The van der Waals surface area contributed by atoms with Gasteiger partial charge in [-0.15, -0.1) is 10.2 Å². The molecule has 2 atom stereocenters. The van der Waals surface area contributed by atoms with Crippen LogP contribution in [0, 0.1) is 5.92 Å². The molecule has 3 aliphatic carbocycles. The van der Waals surface area contributed by atoms with Crippen molar-refractivity contribution in [1.29, 1.82) is 0 Å². The number of aromatic nitrogens is 2. The molecule has 0 bridgehead atoms. The van der Waals surface area contributed by atoms with Crippen LogP contribution in [0.25, 0.3) is 12.2 Å². The van der Waals surface area contributed by atoms with Gasteiger partial charge in [0.15, 0.2) is 0 Å². The van der Waals surface area contributed by atoms with Crippen molar-refractivity contribution in [3.63, 3.8) is 0 Å². The molecule has 1 aromatic heterocycles. The van der Waals surface area contributed by atoms with Crippen molar-refractivity contribution in [3.05, 3.63) is 52.6 Å². The molecule has 1 N–H and O–H groups in total. The molecule has 168 valence electrons. The summed E-state index contributed by atoms with van der Waals surface area (Å²) in [5.41, 5.74) is 4.01. The van der Waals surface area contributed by atoms with Crippen LogP contribution in [-0.4, -0.2) is 33.2 Å². The quantitative estimate of drug-likeness (QED) is 0.656. The molecule has 1 saturated carbocycles. The highest BCUT2D eigenvalue weighted by Gasteiger charge is 2.41. The summed E-state index contributed by atoms with van der Waals surface area (Å²) in [6.07, 6.45) is 13.1. The summed E-state index contributed by atoms with van der Waals surface area (Å²) in [4.78, 5) is 23.8. The number of fused-ring (bicyclic) bond motifs is 2. The van der Waals surface area contributed by atoms with E-state index in [1.165, 1.54) is 12.8 Å². The van der Waals surface area contributed by atoms with Crippen LogP contribution in [0.3, 0.4) is 0 Å². The second-order valence-electron chi connectivity index (χ2n) is 8.86. The van der Waals surface area contributed by atoms with E-state index < -0.39 is 0 Å². The van der Waals surface area contributed by atoms with Crippen LogP contribution >= 0.6 is 11.8 Å². The standard InChI is InChI=1S/C25H23N3O4S/c29-22-21(33-25(30)26-22)18-10-8-15-12-16(9-11-17(15)18)32-24-20-5-3-1-2-4-19(20)23(27-28-24)31-13-14-6-7-14/h2-5,9,11-12,14,18,21H,1,6-8,10,13H2,(H,26,29,30)/t18-,21?/m1/s1. The number of ether oxygens (including phenoxy) is 2. The Morgan fingerprint density at radius 3 is 2.58 bits per heavy atom. The van der Waals surface area contributed by atoms with Crippen molar-refractivity contribution in [2.24, 2.45) is 5.92 Å². The van der Waals surface area contributed by atoms with Crippen molar-refractivity contribution in [2.75, 3.05) is 6.61 Å². The summed E-state index contributed by atoms with van der Waals surface area (Å²) < 4.78 is 12.2. The van der Waals surface area contributed by atoms with Gasteiger partial charge >= 0.3 is 0 Å². The number of amides is 2. The molecule has 1 saturated heterocycles. The van der Waals surface area contributed by atoms with Crippen LogP contribution in [0.4, 0.5) is 4.79 Å². The van der Waals surface area contributed by atoms with Crippen LogP contribution in [0.2, 0.25) is 0 Å². The summed E-state index contributed by atoms with van der Waals surface area (Å²) in [5, 5.41) is 10.4. The monoisotopic (exact) mass is 461 g/mol. The Labute approximate surface area is 195 Å². The van der Waals surface area contributed by atoms with E-state index in [-0.39, 0.29) is 22.3 Å². The Balaban J connectivity index is 1.26. The number of imide groups is 1. The first-order valence-corrected chi connectivity index (χ1v) is 12.2. The van der Waals surface area contributed by atoms with Gasteiger partial charge < -0.3 is 9.47 Å². The lowest BCUT2D eigenvalue weighted by Gasteiger charge is -2.16. The van der Waals surface area contributed by atoms with Crippen LogP contribution in [0.15, 0.2) is 30.4 Å². The molecular weight excluding hydrogens is 438 g/mol. The Kier molecular flexibility index (Phi) is 5.17. The number of aryl methyl sites for hydroxylation is 1. The number of benzene rings is 1. The van der Waals surface area contributed by atoms with E-state index in [1.54, 1.807) is 0 Å². The third-order valence-electron chi connectivity index (χ3n) is 6.51. The molecule has 1 aromatic carbocycles. The summed E-state index contributed by atoms with van der Waals surface area (Å²) in [6.45, 7) is 0.674. The third-order valence-corrected chi connectivity index (χ3v) is 7.63. The molecule has 2 amide bonds. The largest absolute Gasteiger partial charge is 0.476 e. The van der Waals surface area contributed by atoms with Gasteiger partial charge in [-0.2, -0.15) is 0 Å². The van der Waals surface area contributed by atoms with E-state index in [0.717, 1.165) is 53.3 Å². The number of hydrogen-bond donors (Lipinski definition) is 1. The lowest BCUT2D eigenvalue weighted by Crippen LogP contribution is -2.27. The minimum absolute atomic E-state index is 0.0394.